The number of hydrogen-bond donors (Lipinski definition) is 5. The molecule has 0 aromatic heterocycles. The van der Waals surface area contributed by atoms with Gasteiger partial charge in [0.05, 0.1) is 0 Å². The number of nitrogens with one attached hydrogen (secondary N) is 3. The molecule has 8 nitrogen and oxygen atoms in total. The van der Waals surface area contributed by atoms with Crippen LogP contribution in [0.5, 0.6) is 0 Å². The second kappa shape index (κ2) is 9.04. The van der Waals surface area contributed by atoms with Gasteiger partial charge >= 0.3 is 6.03 Å². The SMILES string of the molecule is C=CNNC(N)=O.NNC(=O)[O-]. The third-order valence-electron chi connectivity index (χ3n) is 0.415. The number of hydrazine groups is 2. The number of amides is 3. The van der Waals surface area contributed by atoms with E-state index in [0.717, 1.165) is 0 Å². The lowest BCUT2D eigenvalue weighted by molar-refractivity contribution is -0.250. The van der Waals surface area contributed by atoms with Crippen LogP contribution in [0.3, 0.4) is 0 Å². The molecule has 0 saturated carbocycles. The fourth-order valence-electron chi connectivity index (χ4n) is 0.122. The van der Waals surface area contributed by atoms with Gasteiger partial charge in [-0.1, -0.05) is 6.58 Å². The first-order valence-electron chi connectivity index (χ1n) is 2.64. The van der Waals surface area contributed by atoms with E-state index in [9.17, 15) is 4.79 Å². The molecule has 3 amide bonds. The minimum absolute atomic E-state index is 0.625. The summed E-state index contributed by atoms with van der Waals surface area (Å²) in [6.07, 6.45) is -0.157. The van der Waals surface area contributed by atoms with Crippen LogP contribution in [0.15, 0.2) is 12.8 Å². The summed E-state index contributed by atoms with van der Waals surface area (Å²) in [6.45, 7) is 3.25. The van der Waals surface area contributed by atoms with Gasteiger partial charge in [0.2, 0.25) is 0 Å². The molecular weight excluding hydrogens is 166 g/mol. The third-order valence-corrected chi connectivity index (χ3v) is 0.415. The Balaban J connectivity index is 0. The van der Waals surface area contributed by atoms with Crippen LogP contribution in [0.4, 0.5) is 9.59 Å². The minimum Gasteiger partial charge on any atom is -0.529 e. The van der Waals surface area contributed by atoms with Crippen LogP contribution in [0.1, 0.15) is 0 Å². The van der Waals surface area contributed by atoms with Gasteiger partial charge in [-0.3, -0.25) is 5.43 Å². The number of carbonyl (C=O) groups is 2. The van der Waals surface area contributed by atoms with E-state index in [1.807, 2.05) is 0 Å². The molecule has 0 saturated heterocycles. The zero-order valence-corrected chi connectivity index (χ0v) is 6.16. The van der Waals surface area contributed by atoms with Gasteiger partial charge in [-0.05, 0) is 0 Å². The molecule has 70 valence electrons. The number of carbonyl (C=O) groups excluding carboxylic acids is 2. The van der Waals surface area contributed by atoms with Crippen molar-refractivity contribution in [1.82, 2.24) is 16.3 Å². The Morgan fingerprint density at radius 2 is 1.92 bits per heavy atom. The highest BCUT2D eigenvalue weighted by molar-refractivity contribution is 5.70. The van der Waals surface area contributed by atoms with Crippen LogP contribution in [0.25, 0.3) is 0 Å². The zero-order valence-electron chi connectivity index (χ0n) is 6.16. The number of hydrogen-bond acceptors (Lipinski definition) is 5. The van der Waals surface area contributed by atoms with E-state index in [2.05, 4.69) is 29.0 Å². The highest BCUT2D eigenvalue weighted by Crippen LogP contribution is 1.46. The fourth-order valence-corrected chi connectivity index (χ4v) is 0.122. The molecule has 0 unspecified atom stereocenters. The molecule has 0 heterocycles. The Hall–Kier alpha value is -1.96. The number of primary amides is 1. The van der Waals surface area contributed by atoms with Gasteiger partial charge in [-0.15, -0.1) is 0 Å². The Kier molecular flexibility index (Phi) is 9.56. The van der Waals surface area contributed by atoms with Crippen molar-refractivity contribution in [2.75, 3.05) is 0 Å². The van der Waals surface area contributed by atoms with Crippen molar-refractivity contribution in [3.8, 4) is 0 Å². The number of urea groups is 1. The highest BCUT2D eigenvalue weighted by atomic mass is 16.4. The maximum Gasteiger partial charge on any atom is 0.330 e. The van der Waals surface area contributed by atoms with Crippen LogP contribution in [0, 0.1) is 0 Å². The van der Waals surface area contributed by atoms with E-state index in [1.165, 1.54) is 11.6 Å². The van der Waals surface area contributed by atoms with Crippen LogP contribution >= 0.6 is 0 Å². The van der Waals surface area contributed by atoms with Crippen molar-refractivity contribution in [3.63, 3.8) is 0 Å². The first kappa shape index (κ1) is 12.7. The van der Waals surface area contributed by atoms with Crippen molar-refractivity contribution in [3.05, 3.63) is 12.8 Å². The van der Waals surface area contributed by atoms with Crippen LogP contribution in [-0.4, -0.2) is 12.1 Å². The lowest BCUT2D eigenvalue weighted by Crippen LogP contribution is -2.40. The summed E-state index contributed by atoms with van der Waals surface area (Å²) < 4.78 is 0. The zero-order chi connectivity index (χ0) is 9.98. The Bertz CT molecular complexity index is 159. The Morgan fingerprint density at radius 3 is 2.00 bits per heavy atom. The maximum absolute atomic E-state index is 9.76. The van der Waals surface area contributed by atoms with Crippen LogP contribution in [-0.2, 0) is 0 Å². The summed E-state index contributed by atoms with van der Waals surface area (Å²) in [5.74, 6) is 4.26. The Labute approximate surface area is 68.5 Å². The topological polar surface area (TPSA) is 145 Å². The van der Waals surface area contributed by atoms with Gasteiger partial charge in [-0.25, -0.2) is 10.6 Å². The molecule has 0 bridgehead atoms. The summed E-state index contributed by atoms with van der Waals surface area (Å²) in [5.41, 5.74) is 10.3. The van der Waals surface area contributed by atoms with E-state index in [4.69, 9.17) is 9.90 Å². The predicted molar refractivity (Wildman–Crippen MR) is 38.8 cm³/mol. The predicted octanol–water partition coefficient (Wildman–Crippen LogP) is -2.90. The monoisotopic (exact) mass is 176 g/mol. The molecule has 0 spiro atoms. The molecule has 12 heavy (non-hydrogen) atoms. The smallest absolute Gasteiger partial charge is 0.330 e. The minimum atomic E-state index is -1.47. The Morgan fingerprint density at radius 1 is 1.50 bits per heavy atom. The van der Waals surface area contributed by atoms with Gasteiger partial charge in [0.15, 0.2) is 0 Å². The molecular formula is C4H10N5O3-. The normalized spacial score (nSPS) is 6.75. The molecule has 0 aromatic carbocycles. The summed E-state index contributed by atoms with van der Waals surface area (Å²) >= 11 is 0. The highest BCUT2D eigenvalue weighted by Gasteiger charge is 1.79. The molecule has 0 fully saturated rings. The van der Waals surface area contributed by atoms with Crippen molar-refractivity contribution in [2.45, 2.75) is 0 Å². The first-order valence-corrected chi connectivity index (χ1v) is 2.64. The van der Waals surface area contributed by atoms with Crippen molar-refractivity contribution in [2.24, 2.45) is 11.6 Å². The maximum atomic E-state index is 9.76. The average Bonchev–Trinajstić information content (AvgIpc) is 2.02. The summed E-state index contributed by atoms with van der Waals surface area (Å²) in [4.78, 5) is 18.8. The molecule has 0 aliphatic carbocycles. The van der Waals surface area contributed by atoms with Gasteiger partial charge in [-0.2, -0.15) is 0 Å². The van der Waals surface area contributed by atoms with Crippen LogP contribution in [0.2, 0.25) is 0 Å². The number of rotatable bonds is 2. The molecule has 8 heteroatoms. The standard InChI is InChI=1S/C3H7N3O.CH4N2O2/c1-2-5-6-3(4)7;2-3-1(4)5/h2,5H,1H2,(H3,4,6,7);3H,2H2,(H,4,5)/p-1. The molecule has 0 rings (SSSR count). The van der Waals surface area contributed by atoms with Gasteiger partial charge in [0.25, 0.3) is 0 Å². The summed E-state index contributed by atoms with van der Waals surface area (Å²) in [7, 11) is 0. The fraction of sp³-hybridized carbons (Fsp3) is 0. The second-order valence-electron chi connectivity index (χ2n) is 1.27. The summed E-state index contributed by atoms with van der Waals surface area (Å²) in [6, 6.07) is -0.625. The first-order chi connectivity index (χ1) is 5.54. The second-order valence-corrected chi connectivity index (χ2v) is 1.27. The molecule has 7 N–H and O–H groups in total. The number of carboxylic acid groups (broad SMARTS) is 1. The van der Waals surface area contributed by atoms with Crippen molar-refractivity contribution < 1.29 is 14.7 Å². The van der Waals surface area contributed by atoms with Gasteiger partial charge < -0.3 is 26.5 Å². The molecule has 0 atom stereocenters. The van der Waals surface area contributed by atoms with Crippen molar-refractivity contribution in [1.29, 1.82) is 0 Å². The van der Waals surface area contributed by atoms with E-state index in [-0.39, 0.29) is 0 Å². The van der Waals surface area contributed by atoms with E-state index in [1.54, 1.807) is 0 Å². The summed E-state index contributed by atoms with van der Waals surface area (Å²) in [5, 5.41) is 9.02. The van der Waals surface area contributed by atoms with Gasteiger partial charge in [0.1, 0.15) is 6.09 Å². The van der Waals surface area contributed by atoms with Gasteiger partial charge in [0, 0.05) is 6.20 Å². The third kappa shape index (κ3) is 24.4. The van der Waals surface area contributed by atoms with E-state index in [0.29, 0.717) is 0 Å². The lowest BCUT2D eigenvalue weighted by Gasteiger charge is -1.94. The van der Waals surface area contributed by atoms with E-state index >= 15 is 0 Å². The quantitative estimate of drug-likeness (QED) is 0.174. The number of nitrogens with two attached hydrogens (primary N) is 2. The molecule has 0 radical (unpaired) electrons. The van der Waals surface area contributed by atoms with Crippen molar-refractivity contribution >= 4 is 12.1 Å². The largest absolute Gasteiger partial charge is 0.529 e. The molecule has 0 aliphatic rings. The molecule has 0 aliphatic heterocycles. The lowest BCUT2D eigenvalue weighted by atomic mass is 11.0. The van der Waals surface area contributed by atoms with Crippen LogP contribution < -0.4 is 33.0 Å². The van der Waals surface area contributed by atoms with E-state index < -0.39 is 12.1 Å². The average molecular weight is 176 g/mol. The molecule has 0 aromatic rings.